The molecule has 1 saturated heterocycles. The molecule has 124 valence electrons. The van der Waals surface area contributed by atoms with Crippen molar-refractivity contribution in [3.63, 3.8) is 0 Å². The molecule has 0 unspecified atom stereocenters. The summed E-state index contributed by atoms with van der Waals surface area (Å²) in [5.74, 6) is 0.842. The van der Waals surface area contributed by atoms with E-state index in [9.17, 15) is 5.11 Å². The highest BCUT2D eigenvalue weighted by molar-refractivity contribution is 6.30. The number of hydrogen-bond donors (Lipinski definition) is 1. The molecule has 4 nitrogen and oxygen atoms in total. The number of aliphatic hydroxyl groups is 1. The van der Waals surface area contributed by atoms with Crippen molar-refractivity contribution in [1.82, 2.24) is 4.90 Å². The Balaban J connectivity index is 1.78. The van der Waals surface area contributed by atoms with Gasteiger partial charge in [-0.1, -0.05) is 11.6 Å². The van der Waals surface area contributed by atoms with Crippen molar-refractivity contribution >= 4 is 11.6 Å². The van der Waals surface area contributed by atoms with Gasteiger partial charge in [0, 0.05) is 37.2 Å². The van der Waals surface area contributed by atoms with Gasteiger partial charge in [0.1, 0.15) is 12.4 Å². The zero-order chi connectivity index (χ0) is 15.8. The third kappa shape index (κ3) is 5.13. The number of nitrogens with zero attached hydrogens (tertiary/aromatic N) is 1. The van der Waals surface area contributed by atoms with Crippen LogP contribution in [-0.2, 0) is 4.74 Å². The lowest BCUT2D eigenvalue weighted by Crippen LogP contribution is -2.47. The number of halogens is 1. The van der Waals surface area contributed by atoms with Crippen LogP contribution < -0.4 is 4.74 Å². The topological polar surface area (TPSA) is 41.9 Å². The van der Waals surface area contributed by atoms with Gasteiger partial charge in [-0.3, -0.25) is 4.90 Å². The largest absolute Gasteiger partial charge is 0.492 e. The Bertz CT molecular complexity index is 440. The molecule has 0 bridgehead atoms. The van der Waals surface area contributed by atoms with Gasteiger partial charge in [-0.25, -0.2) is 0 Å². The summed E-state index contributed by atoms with van der Waals surface area (Å²) in [6, 6.07) is 7.43. The SMILES string of the molecule is COCC[C@]1(CO)CCCN(CCOc2ccc(Cl)cc2)C1. The van der Waals surface area contributed by atoms with Gasteiger partial charge in [0.15, 0.2) is 0 Å². The average molecular weight is 328 g/mol. The van der Waals surface area contributed by atoms with E-state index in [0.29, 0.717) is 18.2 Å². The molecular weight excluding hydrogens is 302 g/mol. The fraction of sp³-hybridized carbons (Fsp3) is 0.647. The van der Waals surface area contributed by atoms with E-state index in [1.54, 1.807) is 7.11 Å². The van der Waals surface area contributed by atoms with Crippen LogP contribution in [0.4, 0.5) is 0 Å². The second kappa shape index (κ2) is 8.73. The molecule has 0 amide bonds. The first-order chi connectivity index (χ1) is 10.7. The van der Waals surface area contributed by atoms with Crippen molar-refractivity contribution < 1.29 is 14.6 Å². The lowest BCUT2D eigenvalue weighted by molar-refractivity contribution is 0.00401. The monoisotopic (exact) mass is 327 g/mol. The number of benzene rings is 1. The maximum Gasteiger partial charge on any atom is 0.119 e. The van der Waals surface area contributed by atoms with Crippen molar-refractivity contribution in [2.45, 2.75) is 19.3 Å². The van der Waals surface area contributed by atoms with Crippen LogP contribution in [0.25, 0.3) is 0 Å². The second-order valence-electron chi connectivity index (χ2n) is 6.08. The van der Waals surface area contributed by atoms with Crippen LogP contribution in [-0.4, -0.2) is 56.6 Å². The number of rotatable bonds is 8. The first-order valence-corrected chi connectivity index (χ1v) is 8.26. The zero-order valence-corrected chi connectivity index (χ0v) is 14.0. The Morgan fingerprint density at radius 2 is 2.05 bits per heavy atom. The molecule has 0 spiro atoms. The van der Waals surface area contributed by atoms with Gasteiger partial charge in [0.25, 0.3) is 0 Å². The van der Waals surface area contributed by atoms with Gasteiger partial charge in [-0.15, -0.1) is 0 Å². The van der Waals surface area contributed by atoms with Crippen LogP contribution in [0.15, 0.2) is 24.3 Å². The average Bonchev–Trinajstić information content (AvgIpc) is 2.55. The molecule has 0 aromatic heterocycles. The number of methoxy groups -OCH3 is 1. The van der Waals surface area contributed by atoms with Crippen molar-refractivity contribution in [1.29, 1.82) is 0 Å². The Morgan fingerprint density at radius 1 is 1.27 bits per heavy atom. The van der Waals surface area contributed by atoms with Crippen molar-refractivity contribution in [2.75, 3.05) is 46.6 Å². The molecule has 1 aromatic rings. The molecule has 1 aromatic carbocycles. The van der Waals surface area contributed by atoms with E-state index < -0.39 is 0 Å². The second-order valence-corrected chi connectivity index (χ2v) is 6.52. The van der Waals surface area contributed by atoms with Gasteiger partial charge >= 0.3 is 0 Å². The zero-order valence-electron chi connectivity index (χ0n) is 13.3. The van der Waals surface area contributed by atoms with Gasteiger partial charge in [-0.05, 0) is 50.1 Å². The minimum absolute atomic E-state index is 0.0193. The minimum Gasteiger partial charge on any atom is -0.492 e. The lowest BCUT2D eigenvalue weighted by atomic mass is 9.78. The lowest BCUT2D eigenvalue weighted by Gasteiger charge is -2.41. The van der Waals surface area contributed by atoms with Gasteiger partial charge in [0.05, 0.1) is 6.61 Å². The van der Waals surface area contributed by atoms with E-state index in [4.69, 9.17) is 21.1 Å². The molecule has 5 heteroatoms. The molecular formula is C17H26ClNO3. The smallest absolute Gasteiger partial charge is 0.119 e. The van der Waals surface area contributed by atoms with E-state index in [-0.39, 0.29) is 12.0 Å². The molecule has 0 aliphatic carbocycles. The van der Waals surface area contributed by atoms with Crippen LogP contribution in [0.1, 0.15) is 19.3 Å². The standard InChI is InChI=1S/C17H26ClNO3/c1-21-11-8-17(14-20)7-2-9-19(13-17)10-12-22-16-5-3-15(18)4-6-16/h3-6,20H,2,7-14H2,1H3/t17-/m1/s1. The van der Waals surface area contributed by atoms with E-state index in [2.05, 4.69) is 4.90 Å². The molecule has 2 rings (SSSR count). The van der Waals surface area contributed by atoms with E-state index in [0.717, 1.165) is 44.6 Å². The van der Waals surface area contributed by atoms with Crippen LogP contribution >= 0.6 is 11.6 Å². The summed E-state index contributed by atoms with van der Waals surface area (Å²) < 4.78 is 10.9. The Morgan fingerprint density at radius 3 is 2.73 bits per heavy atom. The number of piperidine rings is 1. The van der Waals surface area contributed by atoms with Crippen LogP contribution in [0.5, 0.6) is 5.75 Å². The summed E-state index contributed by atoms with van der Waals surface area (Å²) in [4.78, 5) is 2.38. The summed E-state index contributed by atoms with van der Waals surface area (Å²) in [5.41, 5.74) is -0.0193. The van der Waals surface area contributed by atoms with Crippen molar-refractivity contribution in [3.8, 4) is 5.75 Å². The van der Waals surface area contributed by atoms with Crippen molar-refractivity contribution in [3.05, 3.63) is 29.3 Å². The highest BCUT2D eigenvalue weighted by atomic mass is 35.5. The molecule has 1 fully saturated rings. The highest BCUT2D eigenvalue weighted by Crippen LogP contribution is 2.33. The summed E-state index contributed by atoms with van der Waals surface area (Å²) in [6.45, 7) is 4.43. The maximum absolute atomic E-state index is 9.79. The predicted molar refractivity (Wildman–Crippen MR) is 88.6 cm³/mol. The molecule has 1 aliphatic rings. The third-order valence-electron chi connectivity index (χ3n) is 4.40. The van der Waals surface area contributed by atoms with Crippen LogP contribution in [0.3, 0.4) is 0 Å². The summed E-state index contributed by atoms with van der Waals surface area (Å²) in [6.07, 6.45) is 3.10. The molecule has 1 atom stereocenters. The third-order valence-corrected chi connectivity index (χ3v) is 4.65. The fourth-order valence-electron chi connectivity index (χ4n) is 3.06. The molecule has 0 radical (unpaired) electrons. The van der Waals surface area contributed by atoms with E-state index in [1.807, 2.05) is 24.3 Å². The summed E-state index contributed by atoms with van der Waals surface area (Å²) in [5, 5.41) is 10.5. The van der Waals surface area contributed by atoms with E-state index >= 15 is 0 Å². The Labute approximate surface area is 138 Å². The predicted octanol–water partition coefficient (Wildman–Crippen LogP) is 2.83. The summed E-state index contributed by atoms with van der Waals surface area (Å²) in [7, 11) is 1.71. The molecule has 1 aliphatic heterocycles. The highest BCUT2D eigenvalue weighted by Gasteiger charge is 2.34. The quantitative estimate of drug-likeness (QED) is 0.797. The number of hydrogen-bond acceptors (Lipinski definition) is 4. The fourth-order valence-corrected chi connectivity index (χ4v) is 3.18. The summed E-state index contributed by atoms with van der Waals surface area (Å²) >= 11 is 5.86. The normalized spacial score (nSPS) is 22.7. The minimum atomic E-state index is -0.0193. The van der Waals surface area contributed by atoms with Gasteiger partial charge in [0.2, 0.25) is 0 Å². The van der Waals surface area contributed by atoms with Gasteiger partial charge in [-0.2, -0.15) is 0 Å². The van der Waals surface area contributed by atoms with Crippen LogP contribution in [0, 0.1) is 5.41 Å². The Kier molecular flexibility index (Phi) is 6.96. The van der Waals surface area contributed by atoms with E-state index in [1.165, 1.54) is 0 Å². The molecule has 1 heterocycles. The molecule has 22 heavy (non-hydrogen) atoms. The van der Waals surface area contributed by atoms with Crippen molar-refractivity contribution in [2.24, 2.45) is 5.41 Å². The first-order valence-electron chi connectivity index (χ1n) is 7.88. The van der Waals surface area contributed by atoms with Gasteiger partial charge < -0.3 is 14.6 Å². The maximum atomic E-state index is 9.79. The number of aliphatic hydroxyl groups excluding tert-OH is 1. The number of likely N-dealkylation sites (tertiary alicyclic amines) is 1. The van der Waals surface area contributed by atoms with Crippen LogP contribution in [0.2, 0.25) is 5.02 Å². The number of ether oxygens (including phenoxy) is 2. The molecule has 1 N–H and O–H groups in total. The Hall–Kier alpha value is -0.810. The molecule has 0 saturated carbocycles. The first kappa shape index (κ1) is 17.5.